The second-order valence-electron chi connectivity index (χ2n) is 4.75. The molecule has 2 atom stereocenters. The Kier molecular flexibility index (Phi) is 3.33. The third-order valence-electron chi connectivity index (χ3n) is 3.42. The Morgan fingerprint density at radius 2 is 2.20 bits per heavy atom. The number of rotatable bonds is 3. The largest absolute Gasteiger partial charge is 0.295 e. The third-order valence-corrected chi connectivity index (χ3v) is 3.42. The van der Waals surface area contributed by atoms with Gasteiger partial charge in [-0.05, 0) is 32.6 Å². The first-order chi connectivity index (χ1) is 6.90. The average molecular weight is 204 g/mol. The van der Waals surface area contributed by atoms with Gasteiger partial charge in [0.15, 0.2) is 5.78 Å². The van der Waals surface area contributed by atoms with E-state index in [0.29, 0.717) is 5.92 Å². The van der Waals surface area contributed by atoms with Crippen LogP contribution in [0, 0.1) is 11.3 Å². The fourth-order valence-corrected chi connectivity index (χ4v) is 2.19. The highest BCUT2D eigenvalue weighted by atomic mass is 16.1. The summed E-state index contributed by atoms with van der Waals surface area (Å²) in [5.74, 6) is 0.514. The zero-order valence-corrected chi connectivity index (χ0v) is 9.97. The molecule has 0 aromatic carbocycles. The van der Waals surface area contributed by atoms with Crippen LogP contribution in [0.25, 0.3) is 0 Å². The van der Waals surface area contributed by atoms with Gasteiger partial charge in [-0.2, -0.15) is 0 Å². The van der Waals surface area contributed by atoms with Crippen molar-refractivity contribution in [3.8, 4) is 0 Å². The van der Waals surface area contributed by atoms with E-state index in [1.54, 1.807) is 6.92 Å². The van der Waals surface area contributed by atoms with Crippen molar-refractivity contribution in [3.63, 3.8) is 0 Å². The maximum Gasteiger partial charge on any atom is 0.156 e. The van der Waals surface area contributed by atoms with Crippen LogP contribution in [-0.4, -0.2) is 5.78 Å². The van der Waals surface area contributed by atoms with Gasteiger partial charge in [-0.25, -0.2) is 0 Å². The van der Waals surface area contributed by atoms with Gasteiger partial charge < -0.3 is 0 Å². The minimum absolute atomic E-state index is 0.141. The fraction of sp³-hybridized carbons (Fsp3) is 0.500. The topological polar surface area (TPSA) is 17.1 Å². The normalized spacial score (nSPS) is 30.6. The molecule has 0 aromatic heterocycles. The van der Waals surface area contributed by atoms with Crippen LogP contribution in [0.2, 0.25) is 0 Å². The van der Waals surface area contributed by atoms with Gasteiger partial charge in [0, 0.05) is 11.0 Å². The molecular formula is C14H20O. The fourth-order valence-electron chi connectivity index (χ4n) is 2.19. The van der Waals surface area contributed by atoms with Crippen LogP contribution in [0.1, 0.15) is 33.6 Å². The molecule has 0 aromatic rings. The second kappa shape index (κ2) is 4.18. The first-order valence-electron chi connectivity index (χ1n) is 5.43. The Hall–Kier alpha value is -1.11. The molecule has 1 nitrogen and oxygen atoms in total. The van der Waals surface area contributed by atoms with Crippen molar-refractivity contribution in [2.45, 2.75) is 33.6 Å². The Labute approximate surface area is 92.6 Å². The molecule has 0 saturated carbocycles. The van der Waals surface area contributed by atoms with Crippen molar-refractivity contribution >= 4 is 5.78 Å². The van der Waals surface area contributed by atoms with Gasteiger partial charge in [-0.3, -0.25) is 4.79 Å². The van der Waals surface area contributed by atoms with Crippen LogP contribution in [0.4, 0.5) is 0 Å². The molecule has 0 unspecified atom stereocenters. The first-order valence-corrected chi connectivity index (χ1v) is 5.43. The number of allylic oxidation sites excluding steroid dienone is 4. The summed E-state index contributed by atoms with van der Waals surface area (Å²) in [6.45, 7) is 13.5. The van der Waals surface area contributed by atoms with Crippen LogP contribution >= 0.6 is 0 Å². The van der Waals surface area contributed by atoms with E-state index in [2.05, 4.69) is 26.2 Å². The van der Waals surface area contributed by atoms with E-state index in [9.17, 15) is 4.79 Å². The molecule has 82 valence electrons. The van der Waals surface area contributed by atoms with E-state index in [4.69, 9.17) is 0 Å². The van der Waals surface area contributed by atoms with Crippen molar-refractivity contribution in [1.82, 2.24) is 0 Å². The highest BCUT2D eigenvalue weighted by molar-refractivity contribution is 5.95. The van der Waals surface area contributed by atoms with Gasteiger partial charge in [-0.15, -0.1) is 6.58 Å². The zero-order valence-electron chi connectivity index (χ0n) is 9.97. The van der Waals surface area contributed by atoms with Crippen LogP contribution in [-0.2, 0) is 4.79 Å². The van der Waals surface area contributed by atoms with Crippen LogP contribution in [0.5, 0.6) is 0 Å². The second-order valence-corrected chi connectivity index (χ2v) is 4.75. The monoisotopic (exact) mass is 204 g/mol. The third kappa shape index (κ3) is 2.28. The predicted octanol–water partition coefficient (Wildman–Crippen LogP) is 3.68. The minimum Gasteiger partial charge on any atom is -0.295 e. The van der Waals surface area contributed by atoms with E-state index in [0.717, 1.165) is 24.0 Å². The average Bonchev–Trinajstić information content (AvgIpc) is 2.17. The molecule has 1 heteroatoms. The molecule has 0 fully saturated rings. The Bertz CT molecular complexity index is 335. The standard InChI is InChI=1S/C14H20O/c1-6-14(5)8-7-12(10(2)3)9-13(14)11(4)15/h6,9,12H,1-2,7-8H2,3-5H3/t12-,14-/m0/s1. The van der Waals surface area contributed by atoms with Crippen LogP contribution in [0.15, 0.2) is 36.5 Å². The first kappa shape index (κ1) is 12.0. The van der Waals surface area contributed by atoms with Gasteiger partial charge in [0.2, 0.25) is 0 Å². The minimum atomic E-state index is -0.141. The summed E-state index contributed by atoms with van der Waals surface area (Å²) >= 11 is 0. The Morgan fingerprint density at radius 1 is 1.60 bits per heavy atom. The number of Topliss-reactive ketones (excluding diaryl/α,β-unsaturated/α-hetero) is 1. The summed E-state index contributed by atoms with van der Waals surface area (Å²) in [6.07, 6.45) is 6.03. The van der Waals surface area contributed by atoms with E-state index in [-0.39, 0.29) is 11.2 Å². The van der Waals surface area contributed by atoms with E-state index in [1.807, 2.05) is 13.0 Å². The lowest BCUT2D eigenvalue weighted by molar-refractivity contribution is -0.114. The van der Waals surface area contributed by atoms with E-state index in [1.165, 1.54) is 0 Å². The Morgan fingerprint density at radius 3 is 2.60 bits per heavy atom. The zero-order chi connectivity index (χ0) is 11.6. The van der Waals surface area contributed by atoms with Crippen LogP contribution < -0.4 is 0 Å². The molecule has 15 heavy (non-hydrogen) atoms. The summed E-state index contributed by atoms with van der Waals surface area (Å²) in [4.78, 5) is 11.6. The molecule has 0 radical (unpaired) electrons. The summed E-state index contributed by atoms with van der Waals surface area (Å²) < 4.78 is 0. The maximum absolute atomic E-state index is 11.6. The van der Waals surface area contributed by atoms with Crippen molar-refractivity contribution in [2.24, 2.45) is 11.3 Å². The van der Waals surface area contributed by atoms with Crippen molar-refractivity contribution in [1.29, 1.82) is 0 Å². The van der Waals surface area contributed by atoms with E-state index >= 15 is 0 Å². The molecule has 1 aliphatic carbocycles. The van der Waals surface area contributed by atoms with Gasteiger partial charge in [-0.1, -0.05) is 31.2 Å². The molecule has 1 aliphatic rings. The van der Waals surface area contributed by atoms with Crippen molar-refractivity contribution in [3.05, 3.63) is 36.5 Å². The molecule has 1 rings (SSSR count). The predicted molar refractivity (Wildman–Crippen MR) is 64.6 cm³/mol. The number of carbonyl (C=O) groups is 1. The van der Waals surface area contributed by atoms with Gasteiger partial charge in [0.25, 0.3) is 0 Å². The van der Waals surface area contributed by atoms with Crippen molar-refractivity contribution in [2.75, 3.05) is 0 Å². The van der Waals surface area contributed by atoms with Crippen LogP contribution in [0.3, 0.4) is 0 Å². The summed E-state index contributed by atoms with van der Waals surface area (Å²) in [7, 11) is 0. The molecule has 0 heterocycles. The highest BCUT2D eigenvalue weighted by Gasteiger charge is 2.33. The Balaban J connectivity index is 3.12. The number of hydrogen-bond donors (Lipinski definition) is 0. The lowest BCUT2D eigenvalue weighted by atomic mass is 9.69. The lowest BCUT2D eigenvalue weighted by Crippen LogP contribution is -2.27. The SMILES string of the molecule is C=C[C@@]1(C)CC[C@H](C(=C)C)C=C1C(C)=O. The number of hydrogen-bond acceptors (Lipinski definition) is 1. The molecule has 0 aliphatic heterocycles. The van der Waals surface area contributed by atoms with E-state index < -0.39 is 0 Å². The van der Waals surface area contributed by atoms with Gasteiger partial charge in [0.1, 0.15) is 0 Å². The summed E-state index contributed by atoms with van der Waals surface area (Å²) in [6, 6.07) is 0. The number of ketones is 1. The molecular weight excluding hydrogens is 184 g/mol. The summed E-state index contributed by atoms with van der Waals surface area (Å²) in [5, 5.41) is 0. The van der Waals surface area contributed by atoms with Crippen molar-refractivity contribution < 1.29 is 4.79 Å². The van der Waals surface area contributed by atoms with Gasteiger partial charge >= 0.3 is 0 Å². The molecule has 0 saturated heterocycles. The smallest absolute Gasteiger partial charge is 0.156 e. The molecule has 0 spiro atoms. The number of carbonyl (C=O) groups excluding carboxylic acids is 1. The maximum atomic E-state index is 11.6. The lowest BCUT2D eigenvalue weighted by Gasteiger charge is -2.34. The quantitative estimate of drug-likeness (QED) is 0.641. The molecule has 0 bridgehead atoms. The molecule has 0 amide bonds. The molecule has 0 N–H and O–H groups in total. The summed E-state index contributed by atoms with van der Waals surface area (Å²) in [5.41, 5.74) is 1.90. The highest BCUT2D eigenvalue weighted by Crippen LogP contribution is 2.42. The van der Waals surface area contributed by atoms with Gasteiger partial charge in [0.05, 0.1) is 0 Å².